The summed E-state index contributed by atoms with van der Waals surface area (Å²) in [4.78, 5) is 0. The van der Waals surface area contributed by atoms with E-state index >= 15 is 0 Å². The van der Waals surface area contributed by atoms with Crippen LogP contribution in [0.15, 0.2) is 45.3 Å². The van der Waals surface area contributed by atoms with E-state index in [4.69, 9.17) is 5.84 Å². The summed E-state index contributed by atoms with van der Waals surface area (Å²) in [7, 11) is 0. The molecule has 0 aliphatic carbocycles. The zero-order valence-electron chi connectivity index (χ0n) is 9.63. The van der Waals surface area contributed by atoms with Gasteiger partial charge in [-0.1, -0.05) is 37.9 Å². The molecule has 0 heterocycles. The molecule has 0 aromatic heterocycles. The van der Waals surface area contributed by atoms with E-state index < -0.39 is 17.7 Å². The second-order valence-electron chi connectivity index (χ2n) is 3.94. The van der Waals surface area contributed by atoms with Gasteiger partial charge in [-0.3, -0.25) is 5.84 Å². The van der Waals surface area contributed by atoms with Crippen molar-refractivity contribution < 1.29 is 8.78 Å². The van der Waals surface area contributed by atoms with E-state index in [1.807, 2.05) is 6.07 Å². The molecule has 0 bridgehead atoms. The Morgan fingerprint density at radius 1 is 1.00 bits per heavy atom. The van der Waals surface area contributed by atoms with Gasteiger partial charge >= 0.3 is 0 Å². The highest BCUT2D eigenvalue weighted by atomic mass is 79.9. The first kappa shape index (κ1) is 14.6. The number of halogens is 4. The molecule has 0 radical (unpaired) electrons. The van der Waals surface area contributed by atoms with Gasteiger partial charge in [0.15, 0.2) is 0 Å². The number of rotatable bonds is 3. The third-order valence-electron chi connectivity index (χ3n) is 2.67. The molecule has 6 heteroatoms. The molecule has 0 amide bonds. The molecular formula is C13H10Br2F2N2. The van der Waals surface area contributed by atoms with Crippen molar-refractivity contribution in [3.8, 4) is 0 Å². The number of hydrogen-bond acceptors (Lipinski definition) is 2. The molecule has 0 spiro atoms. The quantitative estimate of drug-likeness (QED) is 0.612. The summed E-state index contributed by atoms with van der Waals surface area (Å²) in [6.45, 7) is 0. The van der Waals surface area contributed by atoms with Gasteiger partial charge in [0.2, 0.25) is 0 Å². The predicted molar refractivity (Wildman–Crippen MR) is 77.4 cm³/mol. The predicted octanol–water partition coefficient (Wildman–Crippen LogP) is 4.04. The maximum absolute atomic E-state index is 13.8. The first-order valence-electron chi connectivity index (χ1n) is 5.39. The number of hydrogen-bond donors (Lipinski definition) is 2. The molecular weight excluding hydrogens is 382 g/mol. The molecule has 100 valence electrons. The zero-order valence-corrected chi connectivity index (χ0v) is 12.8. The van der Waals surface area contributed by atoms with Crippen LogP contribution in [0, 0.1) is 11.6 Å². The monoisotopic (exact) mass is 390 g/mol. The largest absolute Gasteiger partial charge is 0.271 e. The maximum Gasteiger partial charge on any atom is 0.131 e. The summed E-state index contributed by atoms with van der Waals surface area (Å²) in [5, 5.41) is 0. The Labute approximate surface area is 126 Å². The fraction of sp³-hybridized carbons (Fsp3) is 0.0769. The molecule has 19 heavy (non-hydrogen) atoms. The highest BCUT2D eigenvalue weighted by Gasteiger charge is 2.21. The van der Waals surface area contributed by atoms with E-state index in [1.54, 1.807) is 12.1 Å². The molecule has 0 aliphatic rings. The summed E-state index contributed by atoms with van der Waals surface area (Å²) in [6, 6.07) is 8.29. The van der Waals surface area contributed by atoms with Crippen molar-refractivity contribution in [3.63, 3.8) is 0 Å². The Bertz CT molecular complexity index is 565. The Balaban J connectivity index is 2.56. The highest BCUT2D eigenvalue weighted by molar-refractivity contribution is 9.11. The third-order valence-corrected chi connectivity index (χ3v) is 3.59. The molecule has 0 saturated heterocycles. The summed E-state index contributed by atoms with van der Waals surface area (Å²) >= 11 is 6.67. The van der Waals surface area contributed by atoms with Crippen molar-refractivity contribution in [3.05, 3.63) is 68.1 Å². The minimum Gasteiger partial charge on any atom is -0.271 e. The van der Waals surface area contributed by atoms with Crippen LogP contribution in [0.3, 0.4) is 0 Å². The van der Waals surface area contributed by atoms with E-state index in [2.05, 4.69) is 37.3 Å². The van der Waals surface area contributed by atoms with Crippen LogP contribution in [0.4, 0.5) is 8.78 Å². The second-order valence-corrected chi connectivity index (χ2v) is 5.77. The van der Waals surface area contributed by atoms with Crippen LogP contribution in [-0.2, 0) is 0 Å². The first-order chi connectivity index (χ1) is 9.02. The lowest BCUT2D eigenvalue weighted by molar-refractivity contribution is 0.510. The van der Waals surface area contributed by atoms with Gasteiger partial charge in [-0.25, -0.2) is 14.2 Å². The van der Waals surface area contributed by atoms with Gasteiger partial charge < -0.3 is 0 Å². The molecule has 1 unspecified atom stereocenters. The Kier molecular flexibility index (Phi) is 4.67. The molecule has 2 nitrogen and oxygen atoms in total. The Morgan fingerprint density at radius 3 is 2.00 bits per heavy atom. The number of hydrazine groups is 1. The molecule has 0 aliphatic heterocycles. The van der Waals surface area contributed by atoms with Crippen LogP contribution < -0.4 is 11.3 Å². The third kappa shape index (κ3) is 3.20. The topological polar surface area (TPSA) is 38.0 Å². The first-order valence-corrected chi connectivity index (χ1v) is 6.97. The molecule has 2 aromatic carbocycles. The number of nitrogens with two attached hydrogens (primary N) is 1. The van der Waals surface area contributed by atoms with E-state index in [9.17, 15) is 8.78 Å². The Hall–Kier alpha value is -0.820. The van der Waals surface area contributed by atoms with Crippen LogP contribution >= 0.6 is 31.9 Å². The van der Waals surface area contributed by atoms with Crippen LogP contribution in [0.5, 0.6) is 0 Å². The molecule has 2 rings (SSSR count). The van der Waals surface area contributed by atoms with Crippen molar-refractivity contribution in [1.82, 2.24) is 5.43 Å². The van der Waals surface area contributed by atoms with Gasteiger partial charge in [0.05, 0.1) is 6.04 Å². The lowest BCUT2D eigenvalue weighted by atomic mass is 9.98. The van der Waals surface area contributed by atoms with Crippen molar-refractivity contribution in [1.29, 1.82) is 0 Å². The van der Waals surface area contributed by atoms with E-state index in [0.717, 1.165) is 8.95 Å². The van der Waals surface area contributed by atoms with Crippen molar-refractivity contribution >= 4 is 31.9 Å². The van der Waals surface area contributed by atoms with Crippen molar-refractivity contribution in [2.24, 2.45) is 5.84 Å². The van der Waals surface area contributed by atoms with Crippen LogP contribution in [0.2, 0.25) is 0 Å². The van der Waals surface area contributed by atoms with Gasteiger partial charge in [0.1, 0.15) is 11.6 Å². The van der Waals surface area contributed by atoms with Crippen LogP contribution in [0.25, 0.3) is 0 Å². The van der Waals surface area contributed by atoms with E-state index in [1.165, 1.54) is 18.2 Å². The van der Waals surface area contributed by atoms with E-state index in [0.29, 0.717) is 5.56 Å². The molecule has 0 fully saturated rings. The summed E-state index contributed by atoms with van der Waals surface area (Å²) in [6.07, 6.45) is 0. The number of benzene rings is 2. The summed E-state index contributed by atoms with van der Waals surface area (Å²) in [5.74, 6) is 4.18. The second kappa shape index (κ2) is 6.09. The van der Waals surface area contributed by atoms with Crippen molar-refractivity contribution in [2.75, 3.05) is 0 Å². The molecule has 0 saturated carbocycles. The highest BCUT2D eigenvalue weighted by Crippen LogP contribution is 2.30. The number of nitrogens with one attached hydrogen (secondary N) is 1. The lowest BCUT2D eigenvalue weighted by Crippen LogP contribution is -2.30. The average Bonchev–Trinajstić information content (AvgIpc) is 2.32. The van der Waals surface area contributed by atoms with E-state index in [-0.39, 0.29) is 5.56 Å². The maximum atomic E-state index is 13.8. The average molecular weight is 392 g/mol. The van der Waals surface area contributed by atoms with Gasteiger partial charge in [0.25, 0.3) is 0 Å². The van der Waals surface area contributed by atoms with Crippen LogP contribution in [0.1, 0.15) is 17.2 Å². The standard InChI is InChI=1S/C13H10Br2F2N2/c14-8-4-7(5-9(15)6-8)13(19-18)12-10(16)2-1-3-11(12)17/h1-6,13,19H,18H2. The molecule has 1 atom stereocenters. The van der Waals surface area contributed by atoms with Gasteiger partial charge in [-0.15, -0.1) is 0 Å². The van der Waals surface area contributed by atoms with Gasteiger partial charge in [-0.2, -0.15) is 0 Å². The fourth-order valence-corrected chi connectivity index (χ4v) is 3.20. The molecule has 2 aromatic rings. The van der Waals surface area contributed by atoms with Gasteiger partial charge in [0, 0.05) is 14.5 Å². The SMILES string of the molecule is NNC(c1cc(Br)cc(Br)c1)c1c(F)cccc1F. The smallest absolute Gasteiger partial charge is 0.131 e. The summed E-state index contributed by atoms with van der Waals surface area (Å²) < 4.78 is 29.2. The van der Waals surface area contributed by atoms with Crippen molar-refractivity contribution in [2.45, 2.75) is 6.04 Å². The minimum absolute atomic E-state index is 0.102. The minimum atomic E-state index is -0.769. The zero-order chi connectivity index (χ0) is 14.0. The van der Waals surface area contributed by atoms with Gasteiger partial charge in [-0.05, 0) is 35.9 Å². The summed E-state index contributed by atoms with van der Waals surface area (Å²) in [5.41, 5.74) is 2.99. The van der Waals surface area contributed by atoms with Crippen LogP contribution in [-0.4, -0.2) is 0 Å². The molecule has 3 N–H and O–H groups in total. The lowest BCUT2D eigenvalue weighted by Gasteiger charge is -2.19. The normalized spacial score (nSPS) is 12.5. The fourth-order valence-electron chi connectivity index (χ4n) is 1.87. The Morgan fingerprint density at radius 2 is 1.53 bits per heavy atom.